The molecular weight excluding hydrogens is 306 g/mol. The number of amides is 1. The molecule has 2 aromatic heterocycles. The van der Waals surface area contributed by atoms with E-state index >= 15 is 0 Å². The van der Waals surface area contributed by atoms with Gasteiger partial charge in [0.1, 0.15) is 9.88 Å². The van der Waals surface area contributed by atoms with Gasteiger partial charge in [0.05, 0.1) is 5.69 Å². The lowest BCUT2D eigenvalue weighted by Gasteiger charge is -2.08. The van der Waals surface area contributed by atoms with Crippen molar-refractivity contribution in [1.82, 2.24) is 9.97 Å². The third-order valence-electron chi connectivity index (χ3n) is 3.55. The Labute approximate surface area is 139 Å². The smallest absolute Gasteiger partial charge is 0.267 e. The predicted octanol–water partition coefficient (Wildman–Crippen LogP) is 4.38. The summed E-state index contributed by atoms with van der Waals surface area (Å²) in [6.45, 7) is 5.84. The topological polar surface area (TPSA) is 54.9 Å². The summed E-state index contributed by atoms with van der Waals surface area (Å²) in [5.41, 5.74) is 4.65. The van der Waals surface area contributed by atoms with Crippen molar-refractivity contribution in [1.29, 1.82) is 0 Å². The zero-order chi connectivity index (χ0) is 16.4. The van der Waals surface area contributed by atoms with Crippen LogP contribution >= 0.6 is 11.3 Å². The Kier molecular flexibility index (Phi) is 4.21. The van der Waals surface area contributed by atoms with Crippen molar-refractivity contribution in [2.24, 2.45) is 0 Å². The summed E-state index contributed by atoms with van der Waals surface area (Å²) in [4.78, 5) is 21.8. The zero-order valence-electron chi connectivity index (χ0n) is 13.3. The largest absolute Gasteiger partial charge is 0.321 e. The molecule has 116 valence electrons. The van der Waals surface area contributed by atoms with Crippen LogP contribution in [0.4, 0.5) is 5.69 Å². The van der Waals surface area contributed by atoms with Crippen LogP contribution in [0.2, 0.25) is 0 Å². The van der Waals surface area contributed by atoms with Crippen molar-refractivity contribution in [2.75, 3.05) is 5.32 Å². The van der Waals surface area contributed by atoms with Crippen LogP contribution in [0.1, 0.15) is 26.5 Å². The molecule has 1 aromatic carbocycles. The Hall–Kier alpha value is -2.53. The van der Waals surface area contributed by atoms with Gasteiger partial charge < -0.3 is 5.32 Å². The number of carbonyl (C=O) groups excluding carboxylic acids is 1. The second-order valence-electron chi connectivity index (χ2n) is 5.45. The van der Waals surface area contributed by atoms with Crippen LogP contribution in [0.3, 0.4) is 0 Å². The second-order valence-corrected chi connectivity index (χ2v) is 6.45. The van der Waals surface area contributed by atoms with Gasteiger partial charge in [-0.3, -0.25) is 9.78 Å². The lowest BCUT2D eigenvalue weighted by atomic mass is 10.1. The summed E-state index contributed by atoms with van der Waals surface area (Å²) in [7, 11) is 0. The van der Waals surface area contributed by atoms with E-state index in [1.807, 2.05) is 51.1 Å². The maximum atomic E-state index is 12.6. The van der Waals surface area contributed by atoms with Gasteiger partial charge in [-0.1, -0.05) is 12.1 Å². The fourth-order valence-electron chi connectivity index (χ4n) is 2.27. The fourth-order valence-corrected chi connectivity index (χ4v) is 3.22. The highest BCUT2D eigenvalue weighted by molar-refractivity contribution is 7.17. The molecule has 0 saturated heterocycles. The molecule has 0 spiro atoms. The molecule has 0 aliphatic heterocycles. The van der Waals surface area contributed by atoms with E-state index in [9.17, 15) is 4.79 Å². The monoisotopic (exact) mass is 323 g/mol. The Morgan fingerprint density at radius 1 is 1.17 bits per heavy atom. The molecule has 1 amide bonds. The van der Waals surface area contributed by atoms with Crippen molar-refractivity contribution in [2.45, 2.75) is 20.8 Å². The van der Waals surface area contributed by atoms with Gasteiger partial charge >= 0.3 is 0 Å². The van der Waals surface area contributed by atoms with Crippen molar-refractivity contribution >= 4 is 22.9 Å². The number of nitrogens with one attached hydrogen (secondary N) is 1. The maximum Gasteiger partial charge on any atom is 0.267 e. The van der Waals surface area contributed by atoms with Crippen LogP contribution in [-0.2, 0) is 0 Å². The molecular formula is C18H17N3OS. The van der Waals surface area contributed by atoms with E-state index in [1.165, 1.54) is 11.3 Å². The third-order valence-corrected chi connectivity index (χ3v) is 4.76. The summed E-state index contributed by atoms with van der Waals surface area (Å²) in [6, 6.07) is 9.82. The van der Waals surface area contributed by atoms with Gasteiger partial charge in [0.25, 0.3) is 5.91 Å². The first kappa shape index (κ1) is 15.4. The van der Waals surface area contributed by atoms with E-state index in [0.29, 0.717) is 4.88 Å². The maximum absolute atomic E-state index is 12.6. The summed E-state index contributed by atoms with van der Waals surface area (Å²) in [5.74, 6) is -0.121. The van der Waals surface area contributed by atoms with Crippen LogP contribution in [0.25, 0.3) is 10.6 Å². The normalized spacial score (nSPS) is 10.6. The number of benzene rings is 1. The summed E-state index contributed by atoms with van der Waals surface area (Å²) < 4.78 is 0. The van der Waals surface area contributed by atoms with E-state index in [4.69, 9.17) is 0 Å². The fraction of sp³-hybridized carbons (Fsp3) is 0.167. The van der Waals surface area contributed by atoms with Gasteiger partial charge in [-0.15, -0.1) is 11.3 Å². The van der Waals surface area contributed by atoms with Crippen molar-refractivity contribution in [3.63, 3.8) is 0 Å². The molecule has 5 heteroatoms. The van der Waals surface area contributed by atoms with Crippen molar-refractivity contribution in [3.05, 3.63) is 64.4 Å². The quantitative estimate of drug-likeness (QED) is 0.778. The highest BCUT2D eigenvalue weighted by Gasteiger charge is 2.17. The Bertz CT molecular complexity index is 856. The molecule has 0 aliphatic rings. The van der Waals surface area contributed by atoms with Gasteiger partial charge in [-0.05, 0) is 50.1 Å². The first-order chi connectivity index (χ1) is 11.0. The lowest BCUT2D eigenvalue weighted by Crippen LogP contribution is -2.12. The number of anilines is 1. The number of nitrogens with zero attached hydrogens (tertiary/aromatic N) is 2. The highest BCUT2D eigenvalue weighted by Crippen LogP contribution is 2.28. The van der Waals surface area contributed by atoms with Crippen LogP contribution < -0.4 is 5.32 Å². The minimum atomic E-state index is -0.121. The summed E-state index contributed by atoms with van der Waals surface area (Å²) in [5, 5.41) is 3.80. The molecule has 0 atom stereocenters. The van der Waals surface area contributed by atoms with E-state index in [-0.39, 0.29) is 5.91 Å². The number of aryl methyl sites for hydroxylation is 3. The molecule has 0 saturated carbocycles. The average molecular weight is 323 g/mol. The number of aromatic nitrogens is 2. The molecule has 4 nitrogen and oxygen atoms in total. The van der Waals surface area contributed by atoms with Gasteiger partial charge in [-0.2, -0.15) is 0 Å². The average Bonchev–Trinajstić information content (AvgIpc) is 2.94. The summed E-state index contributed by atoms with van der Waals surface area (Å²) in [6.07, 6.45) is 3.47. The van der Waals surface area contributed by atoms with Crippen molar-refractivity contribution < 1.29 is 4.79 Å². The molecule has 3 rings (SSSR count). The molecule has 3 aromatic rings. The minimum Gasteiger partial charge on any atom is -0.321 e. The molecule has 23 heavy (non-hydrogen) atoms. The number of rotatable bonds is 3. The molecule has 2 heterocycles. The zero-order valence-corrected chi connectivity index (χ0v) is 14.1. The Morgan fingerprint density at radius 3 is 2.74 bits per heavy atom. The molecule has 0 unspecified atom stereocenters. The van der Waals surface area contributed by atoms with Crippen molar-refractivity contribution in [3.8, 4) is 10.6 Å². The van der Waals surface area contributed by atoms with E-state index in [0.717, 1.165) is 33.1 Å². The van der Waals surface area contributed by atoms with E-state index < -0.39 is 0 Å². The number of hydrogen-bond acceptors (Lipinski definition) is 4. The van der Waals surface area contributed by atoms with Crippen LogP contribution in [0.5, 0.6) is 0 Å². The third kappa shape index (κ3) is 3.29. The molecule has 0 aliphatic carbocycles. The van der Waals surface area contributed by atoms with Gasteiger partial charge in [0.2, 0.25) is 0 Å². The Morgan fingerprint density at radius 2 is 2.00 bits per heavy atom. The molecule has 0 radical (unpaired) electrons. The molecule has 0 bridgehead atoms. The van der Waals surface area contributed by atoms with Crippen LogP contribution in [0.15, 0.2) is 42.7 Å². The van der Waals surface area contributed by atoms with E-state index in [2.05, 4.69) is 15.3 Å². The first-order valence-electron chi connectivity index (χ1n) is 7.31. The van der Waals surface area contributed by atoms with Crippen LogP contribution in [0, 0.1) is 20.8 Å². The number of carbonyl (C=O) groups is 1. The number of hydrogen-bond donors (Lipinski definition) is 1. The minimum absolute atomic E-state index is 0.121. The Balaban J connectivity index is 1.88. The molecule has 1 N–H and O–H groups in total. The number of thiazole rings is 1. The van der Waals surface area contributed by atoms with E-state index in [1.54, 1.807) is 12.4 Å². The highest BCUT2D eigenvalue weighted by atomic mass is 32.1. The van der Waals surface area contributed by atoms with Crippen LogP contribution in [-0.4, -0.2) is 15.9 Å². The SMILES string of the molecule is Cc1ccc(C)c(NC(=O)c2sc(-c3cccnc3)nc2C)c1. The first-order valence-corrected chi connectivity index (χ1v) is 8.12. The lowest BCUT2D eigenvalue weighted by molar-refractivity contribution is 0.102. The number of pyridine rings is 1. The van der Waals surface area contributed by atoms with Gasteiger partial charge in [0.15, 0.2) is 0 Å². The van der Waals surface area contributed by atoms with Gasteiger partial charge in [-0.25, -0.2) is 4.98 Å². The summed E-state index contributed by atoms with van der Waals surface area (Å²) >= 11 is 1.39. The standard InChI is InChI=1S/C18H17N3OS/c1-11-6-7-12(2)15(9-11)21-17(22)16-13(3)20-18(23-16)14-5-4-8-19-10-14/h4-10H,1-3H3,(H,21,22). The van der Waals surface area contributed by atoms with Gasteiger partial charge in [0, 0.05) is 23.6 Å². The molecule has 0 fully saturated rings. The second kappa shape index (κ2) is 6.30. The predicted molar refractivity (Wildman–Crippen MR) is 94.0 cm³/mol.